The third kappa shape index (κ3) is 8.24. The van der Waals surface area contributed by atoms with Gasteiger partial charge >= 0.3 is 12.2 Å². The molecule has 18 heteroatoms. The molecule has 5 rings (SSSR count). The van der Waals surface area contributed by atoms with Crippen LogP contribution in [-0.2, 0) is 56.7 Å². The molecule has 0 N–H and O–H groups in total. The quantitative estimate of drug-likeness (QED) is 0.169. The van der Waals surface area contributed by atoms with Gasteiger partial charge in [-0.15, -0.1) is 0 Å². The van der Waals surface area contributed by atoms with Crippen LogP contribution in [0, 0.1) is 20.2 Å². The summed E-state index contributed by atoms with van der Waals surface area (Å²) in [6.45, 7) is 1.89. The van der Waals surface area contributed by atoms with Crippen molar-refractivity contribution in [1.29, 1.82) is 0 Å². The molecule has 2 atom stereocenters. The van der Waals surface area contributed by atoms with Gasteiger partial charge in [0.15, 0.2) is 11.7 Å². The van der Waals surface area contributed by atoms with E-state index in [0.717, 1.165) is 11.8 Å². The number of fused-ring (bicyclic) bond motifs is 1. The van der Waals surface area contributed by atoms with E-state index in [2.05, 4.69) is 4.98 Å². The molecule has 0 radical (unpaired) electrons. The largest absolute Gasteiger partial charge is 0.509 e. The van der Waals surface area contributed by atoms with Crippen LogP contribution in [0.4, 0.5) is 21.0 Å². The number of carbonyl (C=O) groups excluding carboxylic acids is 4. The lowest BCUT2D eigenvalue weighted by atomic mass is 10.1. The lowest BCUT2D eigenvalue weighted by Crippen LogP contribution is -2.49. The third-order valence-corrected chi connectivity index (χ3v) is 8.73. The zero-order valence-electron chi connectivity index (χ0n) is 25.6. The van der Waals surface area contributed by atoms with Crippen molar-refractivity contribution in [2.75, 3.05) is 13.1 Å². The normalized spacial score (nSPS) is 16.9. The van der Waals surface area contributed by atoms with Crippen molar-refractivity contribution in [1.82, 2.24) is 19.4 Å². The average molecular weight is 683 g/mol. The van der Waals surface area contributed by atoms with Gasteiger partial charge in [0.2, 0.25) is 5.91 Å². The summed E-state index contributed by atoms with van der Waals surface area (Å²) >= 11 is 1.06. The fraction of sp³-hybridized carbons (Fsp3) is 0.367. The fourth-order valence-corrected chi connectivity index (χ4v) is 6.36. The maximum absolute atomic E-state index is 13.8. The number of amides is 2. The number of rotatable bonds is 10. The van der Waals surface area contributed by atoms with Crippen LogP contribution in [0.15, 0.2) is 54.7 Å². The van der Waals surface area contributed by atoms with Crippen molar-refractivity contribution in [2.45, 2.75) is 57.5 Å². The molecule has 3 heterocycles. The number of nitro groups is 2. The summed E-state index contributed by atoms with van der Waals surface area (Å²) in [7, 11) is 0. The Morgan fingerprint density at radius 1 is 0.875 bits per heavy atom. The Morgan fingerprint density at radius 2 is 1.46 bits per heavy atom. The smallest absolute Gasteiger partial charge is 0.445 e. The zero-order valence-corrected chi connectivity index (χ0v) is 26.4. The number of nitrogens with zero attached hydrogens (tertiary/aromatic N) is 6. The molecule has 0 spiro atoms. The van der Waals surface area contributed by atoms with E-state index in [1.54, 1.807) is 11.1 Å². The molecular weight excluding hydrogens is 652 g/mol. The van der Waals surface area contributed by atoms with Gasteiger partial charge in [0.25, 0.3) is 11.4 Å². The van der Waals surface area contributed by atoms with Crippen molar-refractivity contribution in [3.8, 4) is 0 Å². The molecular formula is C30H30N6O11S. The average Bonchev–Trinajstić information content (AvgIpc) is 3.68. The molecule has 1 aromatic heterocycles. The van der Waals surface area contributed by atoms with Crippen molar-refractivity contribution in [3.63, 3.8) is 0 Å². The second-order valence-electron chi connectivity index (χ2n) is 10.9. The number of carbonyl (C=O) groups is 4. The maximum Gasteiger partial charge on any atom is 0.509 e. The number of nitro benzene ring substituents is 2. The van der Waals surface area contributed by atoms with Crippen LogP contribution in [0.2, 0.25) is 0 Å². The highest BCUT2D eigenvalue weighted by Gasteiger charge is 2.43. The summed E-state index contributed by atoms with van der Waals surface area (Å²) in [4.78, 5) is 78.8. The number of hydrogen-bond acceptors (Lipinski definition) is 13. The number of ether oxygens (including phenoxy) is 3. The van der Waals surface area contributed by atoms with E-state index in [-0.39, 0.29) is 73.5 Å². The van der Waals surface area contributed by atoms with Gasteiger partial charge < -0.3 is 23.7 Å². The van der Waals surface area contributed by atoms with Gasteiger partial charge in [-0.05, 0) is 41.8 Å². The predicted octanol–water partition coefficient (Wildman–Crippen LogP) is 3.95. The van der Waals surface area contributed by atoms with Crippen molar-refractivity contribution < 1.29 is 43.2 Å². The first-order chi connectivity index (χ1) is 23.0. The van der Waals surface area contributed by atoms with E-state index in [1.807, 2.05) is 4.57 Å². The first kappa shape index (κ1) is 33.8. The Kier molecular flexibility index (Phi) is 10.5. The Hall–Kier alpha value is -5.52. The standard InChI is InChI=1S/C30H30N6O11S/c1-19(37)48-25-12-26(34(15-25)29(39)45-16-20-2-6-22(7-3-20)35(41)42)28(38)32-10-11-33-24(14-32)13-31-27(33)18-47-30(40)46-17-21-4-8-23(9-5-21)36(43)44/h2-9,13,25-26H,10-12,14-18H2,1H3/t25-,26-/m0/s1. The number of likely N-dealkylation sites (tertiary alicyclic amines) is 1. The minimum atomic E-state index is -0.946. The highest BCUT2D eigenvalue weighted by atomic mass is 32.2. The molecule has 3 aromatic rings. The molecule has 0 saturated carbocycles. The Bertz CT molecular complexity index is 1710. The Balaban J connectivity index is 1.16. The second-order valence-corrected chi connectivity index (χ2v) is 12.4. The Labute approximate surface area is 277 Å². The van der Waals surface area contributed by atoms with Gasteiger partial charge in [-0.1, -0.05) is 11.8 Å². The summed E-state index contributed by atoms with van der Waals surface area (Å²) in [6.07, 6.45) is 0.144. The van der Waals surface area contributed by atoms with E-state index in [0.29, 0.717) is 29.2 Å². The molecule has 252 valence electrons. The van der Waals surface area contributed by atoms with Crippen molar-refractivity contribution in [3.05, 3.63) is 97.6 Å². The highest BCUT2D eigenvalue weighted by molar-refractivity contribution is 8.14. The van der Waals surface area contributed by atoms with Gasteiger partial charge in [-0.2, -0.15) is 0 Å². The monoisotopic (exact) mass is 682 g/mol. The highest BCUT2D eigenvalue weighted by Crippen LogP contribution is 2.31. The van der Waals surface area contributed by atoms with Gasteiger partial charge in [0, 0.05) is 56.1 Å². The minimum Gasteiger partial charge on any atom is -0.445 e. The summed E-state index contributed by atoms with van der Waals surface area (Å²) in [6, 6.07) is 10.3. The number of non-ortho nitro benzene ring substituents is 2. The summed E-state index contributed by atoms with van der Waals surface area (Å²) in [5.74, 6) is 0.133. The predicted molar refractivity (Wildman–Crippen MR) is 166 cm³/mol. The van der Waals surface area contributed by atoms with Crippen LogP contribution < -0.4 is 0 Å². The van der Waals surface area contributed by atoms with Crippen LogP contribution in [-0.4, -0.2) is 76.8 Å². The van der Waals surface area contributed by atoms with E-state index in [4.69, 9.17) is 14.2 Å². The minimum absolute atomic E-state index is 0.0817. The lowest BCUT2D eigenvalue weighted by molar-refractivity contribution is -0.385. The first-order valence-corrected chi connectivity index (χ1v) is 15.6. The van der Waals surface area contributed by atoms with E-state index < -0.39 is 28.1 Å². The summed E-state index contributed by atoms with van der Waals surface area (Å²) in [5, 5.41) is 21.2. The van der Waals surface area contributed by atoms with E-state index in [1.165, 1.54) is 60.4 Å². The molecule has 0 bridgehead atoms. The lowest BCUT2D eigenvalue weighted by Gasteiger charge is -2.33. The van der Waals surface area contributed by atoms with E-state index in [9.17, 15) is 39.4 Å². The van der Waals surface area contributed by atoms with Gasteiger partial charge in [0.1, 0.15) is 25.1 Å². The number of thioether (sulfide) groups is 1. The zero-order chi connectivity index (χ0) is 34.4. The van der Waals surface area contributed by atoms with Crippen LogP contribution in [0.25, 0.3) is 0 Å². The summed E-state index contributed by atoms with van der Waals surface area (Å²) < 4.78 is 17.6. The van der Waals surface area contributed by atoms with Crippen molar-refractivity contribution >= 4 is 46.4 Å². The van der Waals surface area contributed by atoms with Crippen LogP contribution >= 0.6 is 11.8 Å². The Morgan fingerprint density at radius 3 is 2.04 bits per heavy atom. The molecule has 2 aromatic carbocycles. The molecule has 1 fully saturated rings. The fourth-order valence-electron chi connectivity index (χ4n) is 5.38. The first-order valence-electron chi connectivity index (χ1n) is 14.7. The van der Waals surface area contributed by atoms with Crippen LogP contribution in [0.3, 0.4) is 0 Å². The molecule has 17 nitrogen and oxygen atoms in total. The molecule has 0 aliphatic carbocycles. The topological polar surface area (TPSA) is 207 Å². The molecule has 2 aliphatic heterocycles. The van der Waals surface area contributed by atoms with Crippen LogP contribution in [0.1, 0.15) is 36.0 Å². The number of benzene rings is 2. The molecule has 2 aliphatic rings. The number of aromatic nitrogens is 2. The summed E-state index contributed by atoms with van der Waals surface area (Å²) in [5.41, 5.74) is 1.59. The third-order valence-electron chi connectivity index (χ3n) is 7.73. The van der Waals surface area contributed by atoms with Crippen LogP contribution in [0.5, 0.6) is 0 Å². The van der Waals surface area contributed by atoms with E-state index >= 15 is 0 Å². The number of hydrogen-bond donors (Lipinski definition) is 0. The van der Waals surface area contributed by atoms with Gasteiger partial charge in [0.05, 0.1) is 28.3 Å². The molecule has 1 saturated heterocycles. The second kappa shape index (κ2) is 14.9. The van der Waals surface area contributed by atoms with Gasteiger partial charge in [-0.25, -0.2) is 14.6 Å². The number of imidazole rings is 1. The maximum atomic E-state index is 13.8. The molecule has 2 amide bonds. The molecule has 48 heavy (non-hydrogen) atoms. The molecule has 0 unspecified atom stereocenters. The SMILES string of the molecule is CC(=O)S[C@H]1C[C@@H](C(=O)N2CCn3c(cnc3COC(=O)OCc3ccc([N+](=O)[O-])cc3)C2)N(C(=O)OCc2ccc([N+](=O)[O-])cc2)C1. The van der Waals surface area contributed by atoms with Crippen molar-refractivity contribution in [2.24, 2.45) is 0 Å². The van der Waals surface area contributed by atoms with Gasteiger partial charge in [-0.3, -0.25) is 34.7 Å².